The van der Waals surface area contributed by atoms with Gasteiger partial charge in [-0.2, -0.15) is 0 Å². The molecule has 22 heavy (non-hydrogen) atoms. The van der Waals surface area contributed by atoms with Crippen LogP contribution in [0.15, 0.2) is 18.2 Å². The van der Waals surface area contributed by atoms with Gasteiger partial charge in [-0.3, -0.25) is 4.79 Å². The molecule has 1 amide bonds. The summed E-state index contributed by atoms with van der Waals surface area (Å²) in [7, 11) is 0. The van der Waals surface area contributed by atoms with Crippen LogP contribution in [0.3, 0.4) is 0 Å². The van der Waals surface area contributed by atoms with E-state index in [1.165, 1.54) is 24.9 Å². The van der Waals surface area contributed by atoms with Crippen LogP contribution in [0.25, 0.3) is 0 Å². The highest BCUT2D eigenvalue weighted by Gasteiger charge is 2.30. The SMILES string of the molecule is CC[NH+]1CCCC1CNC(=O)C1CNc2cc(C)ccc2O1. The van der Waals surface area contributed by atoms with Crippen molar-refractivity contribution in [2.45, 2.75) is 38.8 Å². The van der Waals surface area contributed by atoms with E-state index in [1.54, 1.807) is 4.90 Å². The monoisotopic (exact) mass is 304 g/mol. The minimum atomic E-state index is -0.443. The van der Waals surface area contributed by atoms with Gasteiger partial charge in [-0.25, -0.2) is 0 Å². The van der Waals surface area contributed by atoms with Crippen molar-refractivity contribution in [3.05, 3.63) is 23.8 Å². The summed E-state index contributed by atoms with van der Waals surface area (Å²) in [4.78, 5) is 13.9. The molecule has 2 aliphatic heterocycles. The van der Waals surface area contributed by atoms with Crippen LogP contribution in [0.2, 0.25) is 0 Å². The fourth-order valence-electron chi connectivity index (χ4n) is 3.46. The van der Waals surface area contributed by atoms with Crippen molar-refractivity contribution in [1.82, 2.24) is 5.32 Å². The predicted molar refractivity (Wildman–Crippen MR) is 86.5 cm³/mol. The highest BCUT2D eigenvalue weighted by Crippen LogP contribution is 2.29. The van der Waals surface area contributed by atoms with Crippen LogP contribution in [-0.4, -0.2) is 44.2 Å². The van der Waals surface area contributed by atoms with Crippen molar-refractivity contribution in [2.24, 2.45) is 0 Å². The average Bonchev–Trinajstić information content (AvgIpc) is 2.99. The molecule has 3 unspecified atom stereocenters. The maximum absolute atomic E-state index is 12.3. The summed E-state index contributed by atoms with van der Waals surface area (Å²) in [5, 5.41) is 6.37. The molecule has 0 saturated carbocycles. The Labute approximate surface area is 132 Å². The molecule has 2 aliphatic rings. The molecule has 1 aromatic carbocycles. The molecular formula is C17H26N3O2+. The van der Waals surface area contributed by atoms with E-state index in [0.29, 0.717) is 12.6 Å². The Bertz CT molecular complexity index is 547. The van der Waals surface area contributed by atoms with Gasteiger partial charge in [0.1, 0.15) is 11.8 Å². The van der Waals surface area contributed by atoms with Crippen LogP contribution in [0.4, 0.5) is 5.69 Å². The lowest BCUT2D eigenvalue weighted by atomic mass is 10.1. The maximum Gasteiger partial charge on any atom is 0.263 e. The standard InChI is InChI=1S/C17H25N3O2/c1-3-20-8-4-5-13(20)10-19-17(21)16-11-18-14-9-12(2)6-7-15(14)22-16/h6-7,9,13,16,18H,3-5,8,10-11H2,1-2H3,(H,19,21)/p+1. The molecule has 0 spiro atoms. The number of likely N-dealkylation sites (N-methyl/N-ethyl adjacent to an activating group) is 1. The average molecular weight is 304 g/mol. The summed E-state index contributed by atoms with van der Waals surface area (Å²) in [5.41, 5.74) is 2.16. The molecule has 1 fully saturated rings. The fraction of sp³-hybridized carbons (Fsp3) is 0.588. The number of hydrogen-bond donors (Lipinski definition) is 3. The summed E-state index contributed by atoms with van der Waals surface area (Å²) in [6, 6.07) is 6.53. The van der Waals surface area contributed by atoms with Crippen molar-refractivity contribution in [3.8, 4) is 5.75 Å². The van der Waals surface area contributed by atoms with Crippen LogP contribution >= 0.6 is 0 Å². The third-order valence-corrected chi connectivity index (χ3v) is 4.78. The highest BCUT2D eigenvalue weighted by molar-refractivity contribution is 5.83. The van der Waals surface area contributed by atoms with E-state index >= 15 is 0 Å². The number of rotatable bonds is 4. The summed E-state index contributed by atoms with van der Waals surface area (Å²) in [6.07, 6.45) is 2.02. The van der Waals surface area contributed by atoms with Gasteiger partial charge in [-0.1, -0.05) is 6.07 Å². The largest absolute Gasteiger partial charge is 0.477 e. The molecule has 120 valence electrons. The molecule has 0 radical (unpaired) electrons. The topological polar surface area (TPSA) is 54.8 Å². The zero-order valence-electron chi connectivity index (χ0n) is 13.4. The van der Waals surface area contributed by atoms with Gasteiger partial charge < -0.3 is 20.3 Å². The molecule has 0 aromatic heterocycles. The third-order valence-electron chi connectivity index (χ3n) is 4.78. The molecule has 0 aliphatic carbocycles. The number of ether oxygens (including phenoxy) is 1. The van der Waals surface area contributed by atoms with E-state index < -0.39 is 6.10 Å². The number of quaternary nitrogens is 1. The van der Waals surface area contributed by atoms with E-state index in [-0.39, 0.29) is 5.91 Å². The molecule has 1 saturated heterocycles. The second-order valence-corrected chi connectivity index (χ2v) is 6.33. The number of carbonyl (C=O) groups excluding carboxylic acids is 1. The van der Waals surface area contributed by atoms with Gasteiger partial charge in [-0.05, 0) is 31.5 Å². The van der Waals surface area contributed by atoms with Crippen LogP contribution in [0, 0.1) is 6.92 Å². The molecular weight excluding hydrogens is 278 g/mol. The van der Waals surface area contributed by atoms with Crippen LogP contribution < -0.4 is 20.3 Å². The van der Waals surface area contributed by atoms with Gasteiger partial charge in [0, 0.05) is 12.8 Å². The number of hydrogen-bond acceptors (Lipinski definition) is 3. The first-order valence-electron chi connectivity index (χ1n) is 8.31. The van der Waals surface area contributed by atoms with Crippen LogP contribution in [0.1, 0.15) is 25.3 Å². The number of amides is 1. The molecule has 0 bridgehead atoms. The lowest BCUT2D eigenvalue weighted by molar-refractivity contribution is -0.909. The normalized spacial score (nSPS) is 26.7. The summed E-state index contributed by atoms with van der Waals surface area (Å²) < 4.78 is 5.84. The minimum Gasteiger partial charge on any atom is -0.477 e. The summed E-state index contributed by atoms with van der Waals surface area (Å²) in [5.74, 6) is 0.750. The van der Waals surface area contributed by atoms with Gasteiger partial charge >= 0.3 is 0 Å². The Morgan fingerprint density at radius 2 is 2.36 bits per heavy atom. The second kappa shape index (κ2) is 6.57. The smallest absolute Gasteiger partial charge is 0.263 e. The summed E-state index contributed by atoms with van der Waals surface area (Å²) in [6.45, 7) is 7.90. The number of fused-ring (bicyclic) bond motifs is 1. The lowest BCUT2D eigenvalue weighted by Gasteiger charge is -2.27. The Morgan fingerprint density at radius 3 is 3.18 bits per heavy atom. The molecule has 1 aromatic rings. The number of aryl methyl sites for hydroxylation is 1. The zero-order chi connectivity index (χ0) is 15.5. The zero-order valence-corrected chi connectivity index (χ0v) is 13.4. The van der Waals surface area contributed by atoms with E-state index in [9.17, 15) is 4.79 Å². The van der Waals surface area contributed by atoms with Crippen molar-refractivity contribution < 1.29 is 14.4 Å². The number of carbonyl (C=O) groups is 1. The predicted octanol–water partition coefficient (Wildman–Crippen LogP) is 0.351. The quantitative estimate of drug-likeness (QED) is 0.752. The number of benzene rings is 1. The molecule has 5 heteroatoms. The van der Waals surface area contributed by atoms with Crippen molar-refractivity contribution in [1.29, 1.82) is 0 Å². The number of likely N-dealkylation sites (tertiary alicyclic amines) is 1. The first-order chi connectivity index (χ1) is 10.7. The second-order valence-electron chi connectivity index (χ2n) is 6.33. The molecule has 2 heterocycles. The summed E-state index contributed by atoms with van der Waals surface area (Å²) >= 11 is 0. The van der Waals surface area contributed by atoms with E-state index in [1.807, 2.05) is 25.1 Å². The third kappa shape index (κ3) is 3.19. The molecule has 3 atom stereocenters. The first-order valence-corrected chi connectivity index (χ1v) is 8.31. The Morgan fingerprint density at radius 1 is 1.50 bits per heavy atom. The number of anilines is 1. The van der Waals surface area contributed by atoms with Crippen LogP contribution in [0.5, 0.6) is 5.75 Å². The van der Waals surface area contributed by atoms with Gasteiger partial charge in [0.05, 0.1) is 31.9 Å². The van der Waals surface area contributed by atoms with Crippen molar-refractivity contribution in [3.63, 3.8) is 0 Å². The van der Waals surface area contributed by atoms with Crippen molar-refractivity contribution in [2.75, 3.05) is 31.5 Å². The van der Waals surface area contributed by atoms with Crippen molar-refractivity contribution >= 4 is 11.6 Å². The van der Waals surface area contributed by atoms with E-state index in [0.717, 1.165) is 24.5 Å². The fourth-order valence-corrected chi connectivity index (χ4v) is 3.46. The van der Waals surface area contributed by atoms with E-state index in [2.05, 4.69) is 17.6 Å². The Balaban J connectivity index is 1.54. The molecule has 3 N–H and O–H groups in total. The lowest BCUT2D eigenvalue weighted by Crippen LogP contribution is -3.14. The van der Waals surface area contributed by atoms with Gasteiger partial charge in [0.15, 0.2) is 6.10 Å². The maximum atomic E-state index is 12.3. The van der Waals surface area contributed by atoms with E-state index in [4.69, 9.17) is 4.74 Å². The first kappa shape index (κ1) is 15.2. The van der Waals surface area contributed by atoms with Crippen LogP contribution in [-0.2, 0) is 4.79 Å². The molecule has 3 rings (SSSR count). The Kier molecular flexibility index (Phi) is 4.52. The van der Waals surface area contributed by atoms with Gasteiger partial charge in [-0.15, -0.1) is 0 Å². The Hall–Kier alpha value is -1.75. The minimum absolute atomic E-state index is 0.0129. The van der Waals surface area contributed by atoms with Gasteiger partial charge in [0.2, 0.25) is 0 Å². The highest BCUT2D eigenvalue weighted by atomic mass is 16.5. The molecule has 5 nitrogen and oxygen atoms in total. The number of nitrogens with one attached hydrogen (secondary N) is 3. The van der Waals surface area contributed by atoms with Gasteiger partial charge in [0.25, 0.3) is 5.91 Å².